The minimum Gasteiger partial charge on any atom is -0.332 e. The first-order valence-electron chi connectivity index (χ1n) is 7.56. The van der Waals surface area contributed by atoms with Gasteiger partial charge in [-0.15, -0.1) is 0 Å². The highest BCUT2D eigenvalue weighted by Crippen LogP contribution is 2.14. The SMILES string of the molecule is CC(=O)c1ccc(NC(=O)C[NH2+][C@@H](C)c2ccc(F)cc2F)cc1. The van der Waals surface area contributed by atoms with E-state index in [-0.39, 0.29) is 24.3 Å². The number of nitrogens with one attached hydrogen (secondary N) is 1. The molecule has 1 amide bonds. The molecule has 126 valence electrons. The van der Waals surface area contributed by atoms with Gasteiger partial charge in [0, 0.05) is 22.9 Å². The number of Topliss-reactive ketones (excluding diaryl/α,β-unsaturated/α-hetero) is 1. The van der Waals surface area contributed by atoms with Crippen LogP contribution >= 0.6 is 0 Å². The first-order valence-corrected chi connectivity index (χ1v) is 7.56. The normalized spacial score (nSPS) is 11.8. The molecule has 2 aromatic rings. The third kappa shape index (κ3) is 4.70. The summed E-state index contributed by atoms with van der Waals surface area (Å²) in [6.07, 6.45) is 0. The number of benzene rings is 2. The Morgan fingerprint density at radius 3 is 2.38 bits per heavy atom. The number of carbonyl (C=O) groups excluding carboxylic acids is 2. The molecule has 0 fully saturated rings. The van der Waals surface area contributed by atoms with Gasteiger partial charge in [-0.3, -0.25) is 9.59 Å². The van der Waals surface area contributed by atoms with E-state index in [1.807, 2.05) is 0 Å². The monoisotopic (exact) mass is 333 g/mol. The van der Waals surface area contributed by atoms with Crippen LogP contribution in [0.15, 0.2) is 42.5 Å². The van der Waals surface area contributed by atoms with E-state index in [2.05, 4.69) is 5.32 Å². The smallest absolute Gasteiger partial charge is 0.279 e. The van der Waals surface area contributed by atoms with Gasteiger partial charge in [-0.1, -0.05) is 0 Å². The summed E-state index contributed by atoms with van der Waals surface area (Å²) >= 11 is 0. The van der Waals surface area contributed by atoms with E-state index in [1.165, 1.54) is 19.1 Å². The molecule has 0 radical (unpaired) electrons. The Morgan fingerprint density at radius 2 is 1.79 bits per heavy atom. The Hall–Kier alpha value is -2.60. The van der Waals surface area contributed by atoms with Crippen LogP contribution < -0.4 is 10.6 Å². The summed E-state index contributed by atoms with van der Waals surface area (Å²) in [4.78, 5) is 23.1. The van der Waals surface area contributed by atoms with Crippen molar-refractivity contribution in [3.8, 4) is 0 Å². The fourth-order valence-corrected chi connectivity index (χ4v) is 2.28. The minimum atomic E-state index is -0.629. The van der Waals surface area contributed by atoms with E-state index in [9.17, 15) is 18.4 Å². The number of ketones is 1. The van der Waals surface area contributed by atoms with E-state index in [0.29, 0.717) is 16.8 Å². The average molecular weight is 333 g/mol. The molecule has 0 heterocycles. The van der Waals surface area contributed by atoms with Crippen LogP contribution in [0, 0.1) is 11.6 Å². The molecule has 4 nitrogen and oxygen atoms in total. The van der Waals surface area contributed by atoms with Crippen LogP contribution in [0.4, 0.5) is 14.5 Å². The van der Waals surface area contributed by atoms with Gasteiger partial charge in [0.15, 0.2) is 12.3 Å². The van der Waals surface area contributed by atoms with Crippen LogP contribution in [0.5, 0.6) is 0 Å². The fraction of sp³-hybridized carbons (Fsp3) is 0.222. The number of hydrogen-bond donors (Lipinski definition) is 2. The molecule has 0 aromatic heterocycles. The molecule has 1 atom stereocenters. The van der Waals surface area contributed by atoms with Crippen molar-refractivity contribution < 1.29 is 23.7 Å². The van der Waals surface area contributed by atoms with E-state index >= 15 is 0 Å². The third-order valence-corrected chi connectivity index (χ3v) is 3.69. The summed E-state index contributed by atoms with van der Waals surface area (Å²) in [5.41, 5.74) is 1.49. The van der Waals surface area contributed by atoms with Crippen LogP contribution in [0.25, 0.3) is 0 Å². The lowest BCUT2D eigenvalue weighted by Gasteiger charge is -2.12. The Labute approximate surface area is 138 Å². The molecular formula is C18H19F2N2O2+. The Kier molecular flexibility index (Phi) is 5.76. The second-order valence-electron chi connectivity index (χ2n) is 5.58. The van der Waals surface area contributed by atoms with Crippen LogP contribution in [-0.4, -0.2) is 18.2 Å². The maximum atomic E-state index is 13.7. The first kappa shape index (κ1) is 17.7. The predicted molar refractivity (Wildman–Crippen MR) is 86.6 cm³/mol. The number of nitrogens with two attached hydrogens (primary N) is 1. The molecular weight excluding hydrogens is 314 g/mol. The summed E-state index contributed by atoms with van der Waals surface area (Å²) < 4.78 is 26.6. The van der Waals surface area contributed by atoms with Gasteiger partial charge in [0.25, 0.3) is 5.91 Å². The summed E-state index contributed by atoms with van der Waals surface area (Å²) in [5.74, 6) is -1.55. The second-order valence-corrected chi connectivity index (χ2v) is 5.58. The molecule has 3 N–H and O–H groups in total. The van der Waals surface area contributed by atoms with E-state index < -0.39 is 11.6 Å². The Morgan fingerprint density at radius 1 is 1.12 bits per heavy atom. The largest absolute Gasteiger partial charge is 0.332 e. The summed E-state index contributed by atoms with van der Waals surface area (Å²) in [7, 11) is 0. The number of halogens is 2. The topological polar surface area (TPSA) is 62.8 Å². The molecule has 0 bridgehead atoms. The highest BCUT2D eigenvalue weighted by Gasteiger charge is 2.16. The Balaban J connectivity index is 1.89. The molecule has 0 spiro atoms. The summed E-state index contributed by atoms with van der Waals surface area (Å²) in [6, 6.07) is 9.66. The number of amides is 1. The van der Waals surface area contributed by atoms with Crippen molar-refractivity contribution in [3.05, 3.63) is 65.2 Å². The zero-order valence-corrected chi connectivity index (χ0v) is 13.5. The van der Waals surface area contributed by atoms with Crippen molar-refractivity contribution in [2.75, 3.05) is 11.9 Å². The van der Waals surface area contributed by atoms with Crippen molar-refractivity contribution in [3.63, 3.8) is 0 Å². The molecule has 0 aliphatic heterocycles. The van der Waals surface area contributed by atoms with Gasteiger partial charge in [0.2, 0.25) is 0 Å². The summed E-state index contributed by atoms with van der Waals surface area (Å²) in [6.45, 7) is 3.30. The minimum absolute atomic E-state index is 0.0450. The molecule has 6 heteroatoms. The number of rotatable bonds is 6. The van der Waals surface area contributed by atoms with Gasteiger partial charge in [0.1, 0.15) is 17.7 Å². The van der Waals surface area contributed by atoms with Gasteiger partial charge in [0.05, 0.1) is 0 Å². The maximum Gasteiger partial charge on any atom is 0.279 e. The van der Waals surface area contributed by atoms with Crippen LogP contribution in [0.1, 0.15) is 35.8 Å². The Bertz CT molecular complexity index is 745. The van der Waals surface area contributed by atoms with E-state index in [0.717, 1.165) is 6.07 Å². The van der Waals surface area contributed by atoms with Gasteiger partial charge in [-0.2, -0.15) is 0 Å². The van der Waals surface area contributed by atoms with Gasteiger partial charge in [-0.25, -0.2) is 8.78 Å². The zero-order valence-electron chi connectivity index (χ0n) is 13.5. The van der Waals surface area contributed by atoms with Crippen molar-refractivity contribution in [2.45, 2.75) is 19.9 Å². The van der Waals surface area contributed by atoms with Crippen LogP contribution in [0.3, 0.4) is 0 Å². The lowest BCUT2D eigenvalue weighted by molar-refractivity contribution is -0.682. The number of anilines is 1. The lowest BCUT2D eigenvalue weighted by Crippen LogP contribution is -2.86. The molecule has 0 aliphatic carbocycles. The van der Waals surface area contributed by atoms with Crippen LogP contribution in [-0.2, 0) is 4.79 Å². The van der Waals surface area contributed by atoms with Gasteiger partial charge >= 0.3 is 0 Å². The van der Waals surface area contributed by atoms with Crippen molar-refractivity contribution in [1.82, 2.24) is 0 Å². The number of quaternary nitrogens is 1. The van der Waals surface area contributed by atoms with Gasteiger partial charge in [-0.05, 0) is 50.2 Å². The van der Waals surface area contributed by atoms with Crippen molar-refractivity contribution >= 4 is 17.4 Å². The quantitative estimate of drug-likeness (QED) is 0.798. The molecule has 0 saturated heterocycles. The predicted octanol–water partition coefficient (Wildman–Crippen LogP) is 2.43. The van der Waals surface area contributed by atoms with Crippen molar-refractivity contribution in [1.29, 1.82) is 0 Å². The van der Waals surface area contributed by atoms with E-state index in [4.69, 9.17) is 0 Å². The molecule has 0 aliphatic rings. The first-order chi connectivity index (χ1) is 11.4. The summed E-state index contributed by atoms with van der Waals surface area (Å²) in [5, 5.41) is 4.37. The maximum absolute atomic E-state index is 13.7. The second kappa shape index (κ2) is 7.79. The highest BCUT2D eigenvalue weighted by molar-refractivity contribution is 5.95. The lowest BCUT2D eigenvalue weighted by atomic mass is 10.1. The van der Waals surface area contributed by atoms with E-state index in [1.54, 1.807) is 36.5 Å². The van der Waals surface area contributed by atoms with Gasteiger partial charge < -0.3 is 10.6 Å². The molecule has 0 unspecified atom stereocenters. The molecule has 24 heavy (non-hydrogen) atoms. The number of hydrogen-bond acceptors (Lipinski definition) is 2. The molecule has 0 saturated carbocycles. The fourth-order valence-electron chi connectivity index (χ4n) is 2.28. The van der Waals surface area contributed by atoms with Crippen molar-refractivity contribution in [2.24, 2.45) is 0 Å². The average Bonchev–Trinajstić information content (AvgIpc) is 2.53. The van der Waals surface area contributed by atoms with Crippen LogP contribution in [0.2, 0.25) is 0 Å². The standard InChI is InChI=1S/C18H18F2N2O2/c1-11(16-8-5-14(19)9-17(16)20)21-10-18(24)22-15-6-3-13(4-7-15)12(2)23/h3-9,11,21H,10H2,1-2H3,(H,22,24)/p+1/t11-/m0/s1. The zero-order chi connectivity index (χ0) is 17.7. The third-order valence-electron chi connectivity index (χ3n) is 3.69. The highest BCUT2D eigenvalue weighted by atomic mass is 19.1. The molecule has 2 rings (SSSR count). The number of carbonyl (C=O) groups is 2. The molecule has 2 aromatic carbocycles.